The number of carbonyl (C=O) groups excluding carboxylic acids is 1. The Labute approximate surface area is 175 Å². The Hall–Kier alpha value is -3.24. The molecule has 0 aliphatic heterocycles. The molecule has 0 saturated carbocycles. The number of anilines is 3. The maximum absolute atomic E-state index is 12.1. The zero-order valence-electron chi connectivity index (χ0n) is 15.4. The van der Waals surface area contributed by atoms with Gasteiger partial charge in [-0.2, -0.15) is 5.10 Å². The molecule has 0 aliphatic carbocycles. The zero-order valence-corrected chi connectivity index (χ0v) is 17.0. The minimum Gasteiger partial charge on any atom is -0.368 e. The van der Waals surface area contributed by atoms with Gasteiger partial charge in [0, 0.05) is 41.8 Å². The van der Waals surface area contributed by atoms with E-state index in [9.17, 15) is 4.79 Å². The van der Waals surface area contributed by atoms with E-state index in [1.165, 1.54) is 17.7 Å². The SMILES string of the molecule is Cn1cc2ncnc(NCCc3cnc(NC(=O)Nc4cccc(Cl)c4)s3)c2n1. The number of nitrogens with one attached hydrogen (secondary N) is 3. The summed E-state index contributed by atoms with van der Waals surface area (Å²) in [6.07, 6.45) is 5.84. The molecule has 1 aromatic carbocycles. The molecule has 0 fully saturated rings. The number of benzene rings is 1. The maximum atomic E-state index is 12.1. The summed E-state index contributed by atoms with van der Waals surface area (Å²) in [5.74, 6) is 0.694. The molecule has 2 amide bonds. The van der Waals surface area contributed by atoms with E-state index in [2.05, 4.69) is 36.0 Å². The maximum Gasteiger partial charge on any atom is 0.325 e. The Bertz CT molecular complexity index is 1160. The van der Waals surface area contributed by atoms with E-state index in [1.54, 1.807) is 35.1 Å². The number of hydrogen-bond donors (Lipinski definition) is 3. The van der Waals surface area contributed by atoms with Crippen LogP contribution in [0.3, 0.4) is 0 Å². The number of amides is 2. The van der Waals surface area contributed by atoms with Crippen LogP contribution in [0.2, 0.25) is 5.02 Å². The van der Waals surface area contributed by atoms with E-state index in [0.717, 1.165) is 22.3 Å². The number of fused-ring (bicyclic) bond motifs is 1. The summed E-state index contributed by atoms with van der Waals surface area (Å²) in [6.45, 7) is 0.652. The van der Waals surface area contributed by atoms with Gasteiger partial charge in [0.25, 0.3) is 0 Å². The van der Waals surface area contributed by atoms with E-state index in [-0.39, 0.29) is 6.03 Å². The molecule has 0 saturated heterocycles. The van der Waals surface area contributed by atoms with Gasteiger partial charge in [-0.15, -0.1) is 11.3 Å². The molecule has 0 atom stereocenters. The van der Waals surface area contributed by atoms with Crippen LogP contribution in [0.25, 0.3) is 11.0 Å². The lowest BCUT2D eigenvalue weighted by Crippen LogP contribution is -2.19. The molecule has 3 N–H and O–H groups in total. The largest absolute Gasteiger partial charge is 0.368 e. The molecule has 3 aromatic heterocycles. The van der Waals surface area contributed by atoms with Crippen molar-refractivity contribution in [1.29, 1.82) is 0 Å². The lowest BCUT2D eigenvalue weighted by Gasteiger charge is -2.05. The van der Waals surface area contributed by atoms with Crippen LogP contribution in [0.5, 0.6) is 0 Å². The van der Waals surface area contributed by atoms with Gasteiger partial charge in [0.15, 0.2) is 16.5 Å². The van der Waals surface area contributed by atoms with E-state index in [0.29, 0.717) is 28.2 Å². The number of halogens is 1. The minimum atomic E-state index is -0.371. The Morgan fingerprint density at radius 2 is 2.14 bits per heavy atom. The highest BCUT2D eigenvalue weighted by atomic mass is 35.5. The van der Waals surface area contributed by atoms with Crippen molar-refractivity contribution in [3.63, 3.8) is 0 Å². The molecular weight excluding hydrogens is 412 g/mol. The van der Waals surface area contributed by atoms with Gasteiger partial charge < -0.3 is 10.6 Å². The first-order valence-electron chi connectivity index (χ1n) is 8.73. The summed E-state index contributed by atoms with van der Waals surface area (Å²) in [6, 6.07) is 6.57. The topological polar surface area (TPSA) is 110 Å². The van der Waals surface area contributed by atoms with Gasteiger partial charge in [-0.3, -0.25) is 10.00 Å². The highest BCUT2D eigenvalue weighted by Gasteiger charge is 2.09. The van der Waals surface area contributed by atoms with Gasteiger partial charge in [-0.05, 0) is 18.2 Å². The Morgan fingerprint density at radius 3 is 3.00 bits per heavy atom. The highest BCUT2D eigenvalue weighted by molar-refractivity contribution is 7.15. The summed E-state index contributed by atoms with van der Waals surface area (Å²) < 4.78 is 1.71. The van der Waals surface area contributed by atoms with Crippen molar-refractivity contribution in [2.45, 2.75) is 6.42 Å². The number of aromatic nitrogens is 5. The van der Waals surface area contributed by atoms with Crippen molar-refractivity contribution in [3.05, 3.63) is 52.9 Å². The van der Waals surface area contributed by atoms with Gasteiger partial charge in [-0.25, -0.2) is 19.7 Å². The normalized spacial score (nSPS) is 10.8. The molecule has 9 nitrogen and oxygen atoms in total. The van der Waals surface area contributed by atoms with Crippen molar-refractivity contribution in [3.8, 4) is 0 Å². The van der Waals surface area contributed by atoms with Gasteiger partial charge in [-0.1, -0.05) is 17.7 Å². The predicted molar refractivity (Wildman–Crippen MR) is 115 cm³/mol. The minimum absolute atomic E-state index is 0.371. The third-order valence-corrected chi connectivity index (χ3v) is 5.15. The van der Waals surface area contributed by atoms with Gasteiger partial charge >= 0.3 is 6.03 Å². The number of hydrogen-bond acceptors (Lipinski definition) is 7. The van der Waals surface area contributed by atoms with Crippen LogP contribution in [0, 0.1) is 0 Å². The number of carbonyl (C=O) groups is 1. The van der Waals surface area contributed by atoms with Gasteiger partial charge in [0.05, 0.1) is 6.20 Å². The van der Waals surface area contributed by atoms with Gasteiger partial charge in [0.2, 0.25) is 0 Å². The summed E-state index contributed by atoms with van der Waals surface area (Å²) >= 11 is 7.33. The van der Waals surface area contributed by atoms with Crippen LogP contribution in [0.1, 0.15) is 4.88 Å². The van der Waals surface area contributed by atoms with Crippen molar-refractivity contribution in [2.24, 2.45) is 7.05 Å². The lowest BCUT2D eigenvalue weighted by atomic mass is 10.3. The van der Waals surface area contributed by atoms with E-state index in [1.807, 2.05) is 13.2 Å². The zero-order chi connectivity index (χ0) is 20.2. The lowest BCUT2D eigenvalue weighted by molar-refractivity contribution is 0.262. The van der Waals surface area contributed by atoms with Crippen LogP contribution in [-0.2, 0) is 13.5 Å². The van der Waals surface area contributed by atoms with Crippen LogP contribution in [-0.4, -0.2) is 37.3 Å². The van der Waals surface area contributed by atoms with Crippen LogP contribution in [0.15, 0.2) is 43.0 Å². The molecule has 0 aliphatic rings. The summed E-state index contributed by atoms with van der Waals surface area (Å²) in [5.41, 5.74) is 2.14. The monoisotopic (exact) mass is 428 g/mol. The third kappa shape index (κ3) is 4.79. The number of rotatable bonds is 6. The Kier molecular flexibility index (Phi) is 5.54. The molecule has 0 bridgehead atoms. The summed E-state index contributed by atoms with van der Waals surface area (Å²) in [7, 11) is 1.85. The van der Waals surface area contributed by atoms with Crippen LogP contribution >= 0.6 is 22.9 Å². The average Bonchev–Trinajstić information content (AvgIpc) is 3.27. The van der Waals surface area contributed by atoms with Crippen LogP contribution in [0.4, 0.5) is 21.4 Å². The van der Waals surface area contributed by atoms with Crippen molar-refractivity contribution in [1.82, 2.24) is 24.7 Å². The van der Waals surface area contributed by atoms with E-state index in [4.69, 9.17) is 11.6 Å². The molecule has 0 radical (unpaired) electrons. The fraction of sp³-hybridized carbons (Fsp3) is 0.167. The molecule has 148 valence electrons. The molecule has 0 unspecified atom stereocenters. The molecule has 29 heavy (non-hydrogen) atoms. The Morgan fingerprint density at radius 1 is 1.24 bits per heavy atom. The smallest absolute Gasteiger partial charge is 0.325 e. The quantitative estimate of drug-likeness (QED) is 0.431. The second kappa shape index (κ2) is 8.41. The fourth-order valence-corrected chi connectivity index (χ4v) is 3.69. The molecule has 11 heteroatoms. The first-order chi connectivity index (χ1) is 14.1. The predicted octanol–water partition coefficient (Wildman–Crippen LogP) is 3.77. The summed E-state index contributed by atoms with van der Waals surface area (Å²) in [5, 5.41) is 14.2. The first kappa shape index (κ1) is 19.1. The van der Waals surface area contributed by atoms with E-state index >= 15 is 0 Å². The van der Waals surface area contributed by atoms with Crippen molar-refractivity contribution >= 4 is 56.6 Å². The third-order valence-electron chi connectivity index (χ3n) is 3.94. The summed E-state index contributed by atoms with van der Waals surface area (Å²) in [4.78, 5) is 25.8. The second-order valence-corrected chi connectivity index (χ2v) is 7.71. The second-order valence-electron chi connectivity index (χ2n) is 6.16. The Balaban J connectivity index is 1.30. The molecular formula is C18H17ClN8OS. The number of thiazole rings is 1. The van der Waals surface area contributed by atoms with E-state index < -0.39 is 0 Å². The molecule has 4 rings (SSSR count). The van der Waals surface area contributed by atoms with Gasteiger partial charge in [0.1, 0.15) is 11.8 Å². The first-order valence-corrected chi connectivity index (χ1v) is 9.93. The standard InChI is InChI=1S/C18H17ClN8OS/c1-27-9-14-15(26-27)16(23-10-22-14)20-6-5-13-8-21-18(29-13)25-17(28)24-12-4-2-3-11(19)7-12/h2-4,7-10H,5-6H2,1H3,(H,20,22,23)(H2,21,24,25,28). The highest BCUT2D eigenvalue weighted by Crippen LogP contribution is 2.21. The average molecular weight is 429 g/mol. The molecule has 0 spiro atoms. The number of aryl methyl sites for hydroxylation is 1. The molecule has 4 aromatic rings. The van der Waals surface area contributed by atoms with Crippen LogP contribution < -0.4 is 16.0 Å². The van der Waals surface area contributed by atoms with Crippen molar-refractivity contribution in [2.75, 3.05) is 22.5 Å². The fourth-order valence-electron chi connectivity index (χ4n) is 2.69. The molecule has 3 heterocycles. The number of urea groups is 1. The number of nitrogens with zero attached hydrogens (tertiary/aromatic N) is 5. The van der Waals surface area contributed by atoms with Crippen molar-refractivity contribution < 1.29 is 4.79 Å².